The average Bonchev–Trinajstić information content (AvgIpc) is 2.68. The van der Waals surface area contributed by atoms with Crippen LogP contribution in [0.4, 0.5) is 0 Å². The van der Waals surface area contributed by atoms with E-state index >= 15 is 0 Å². The SMILES string of the molecule is O=C(NCC1CC=CCC1)c1ccc(CN2CCC(CO)CC2)cc1. The molecule has 2 N–H and O–H groups in total. The molecule has 1 amide bonds. The van der Waals surface area contributed by atoms with E-state index < -0.39 is 0 Å². The van der Waals surface area contributed by atoms with Crippen LogP contribution in [-0.2, 0) is 6.54 Å². The molecule has 136 valence electrons. The van der Waals surface area contributed by atoms with Crippen LogP contribution in [0.2, 0.25) is 0 Å². The number of likely N-dealkylation sites (tertiary alicyclic amines) is 1. The van der Waals surface area contributed by atoms with Crippen molar-refractivity contribution in [1.82, 2.24) is 10.2 Å². The smallest absolute Gasteiger partial charge is 0.251 e. The monoisotopic (exact) mass is 342 g/mol. The first-order valence-electron chi connectivity index (χ1n) is 9.60. The maximum absolute atomic E-state index is 12.3. The van der Waals surface area contributed by atoms with Gasteiger partial charge in [-0.3, -0.25) is 9.69 Å². The number of aliphatic hydroxyl groups excluding tert-OH is 1. The molecule has 3 rings (SSSR count). The maximum Gasteiger partial charge on any atom is 0.251 e. The Bertz CT molecular complexity index is 574. The van der Waals surface area contributed by atoms with Gasteiger partial charge in [0.05, 0.1) is 0 Å². The minimum Gasteiger partial charge on any atom is -0.396 e. The third-order valence-electron chi connectivity index (χ3n) is 5.52. The third kappa shape index (κ3) is 5.41. The number of hydrogen-bond donors (Lipinski definition) is 2. The molecule has 2 aliphatic rings. The molecule has 4 nitrogen and oxygen atoms in total. The Morgan fingerprint density at radius 1 is 1.08 bits per heavy atom. The molecule has 1 heterocycles. The summed E-state index contributed by atoms with van der Waals surface area (Å²) >= 11 is 0. The van der Waals surface area contributed by atoms with E-state index in [-0.39, 0.29) is 5.91 Å². The van der Waals surface area contributed by atoms with Gasteiger partial charge in [0.15, 0.2) is 0 Å². The molecule has 1 fully saturated rings. The number of benzene rings is 1. The average molecular weight is 342 g/mol. The number of aliphatic hydroxyl groups is 1. The van der Waals surface area contributed by atoms with Gasteiger partial charge in [0.2, 0.25) is 0 Å². The predicted molar refractivity (Wildman–Crippen MR) is 100 cm³/mol. The second kappa shape index (κ2) is 9.16. The summed E-state index contributed by atoms with van der Waals surface area (Å²) in [4.78, 5) is 14.7. The molecule has 0 aromatic heterocycles. The van der Waals surface area contributed by atoms with Crippen molar-refractivity contribution in [3.05, 3.63) is 47.5 Å². The fraction of sp³-hybridized carbons (Fsp3) is 0.571. The molecule has 0 saturated carbocycles. The van der Waals surface area contributed by atoms with Crippen LogP contribution in [0.1, 0.15) is 48.0 Å². The van der Waals surface area contributed by atoms with E-state index in [1.165, 1.54) is 12.0 Å². The number of nitrogens with one attached hydrogen (secondary N) is 1. The Kier molecular flexibility index (Phi) is 6.65. The van der Waals surface area contributed by atoms with E-state index in [0.717, 1.165) is 57.4 Å². The second-order valence-corrected chi connectivity index (χ2v) is 7.46. The van der Waals surface area contributed by atoms with Gasteiger partial charge in [-0.2, -0.15) is 0 Å². The van der Waals surface area contributed by atoms with Crippen LogP contribution in [0.5, 0.6) is 0 Å². The van der Waals surface area contributed by atoms with Gasteiger partial charge >= 0.3 is 0 Å². The zero-order chi connectivity index (χ0) is 17.5. The van der Waals surface area contributed by atoms with Gasteiger partial charge in [0, 0.05) is 25.3 Å². The highest BCUT2D eigenvalue weighted by Gasteiger charge is 2.18. The van der Waals surface area contributed by atoms with Crippen molar-refractivity contribution in [2.75, 3.05) is 26.2 Å². The molecule has 1 aliphatic heterocycles. The lowest BCUT2D eigenvalue weighted by molar-refractivity contribution is 0.0946. The highest BCUT2D eigenvalue weighted by atomic mass is 16.3. The summed E-state index contributed by atoms with van der Waals surface area (Å²) in [5.41, 5.74) is 1.99. The minimum absolute atomic E-state index is 0.0323. The Morgan fingerprint density at radius 3 is 2.48 bits per heavy atom. The van der Waals surface area contributed by atoms with Crippen LogP contribution < -0.4 is 5.32 Å². The van der Waals surface area contributed by atoms with Crippen LogP contribution in [0.15, 0.2) is 36.4 Å². The highest BCUT2D eigenvalue weighted by Crippen LogP contribution is 2.19. The van der Waals surface area contributed by atoms with Gasteiger partial charge in [0.1, 0.15) is 0 Å². The first-order valence-corrected chi connectivity index (χ1v) is 9.60. The van der Waals surface area contributed by atoms with Crippen molar-refractivity contribution >= 4 is 5.91 Å². The van der Waals surface area contributed by atoms with Gasteiger partial charge in [-0.25, -0.2) is 0 Å². The Morgan fingerprint density at radius 2 is 1.84 bits per heavy atom. The number of allylic oxidation sites excluding steroid dienone is 2. The molecule has 0 spiro atoms. The lowest BCUT2D eigenvalue weighted by Gasteiger charge is -2.31. The largest absolute Gasteiger partial charge is 0.396 e. The van der Waals surface area contributed by atoms with E-state index in [4.69, 9.17) is 0 Å². The van der Waals surface area contributed by atoms with E-state index in [2.05, 4.69) is 34.5 Å². The molecular weight excluding hydrogens is 312 g/mol. The van der Waals surface area contributed by atoms with Gasteiger partial charge in [-0.05, 0) is 74.7 Å². The summed E-state index contributed by atoms with van der Waals surface area (Å²) in [6, 6.07) is 8.00. The fourth-order valence-corrected chi connectivity index (χ4v) is 3.73. The quantitative estimate of drug-likeness (QED) is 0.782. The lowest BCUT2D eigenvalue weighted by atomic mass is 9.94. The van der Waals surface area contributed by atoms with Gasteiger partial charge in [0.25, 0.3) is 5.91 Å². The molecule has 1 aliphatic carbocycles. The van der Waals surface area contributed by atoms with Crippen LogP contribution in [0, 0.1) is 11.8 Å². The normalized spacial score (nSPS) is 22.0. The second-order valence-electron chi connectivity index (χ2n) is 7.46. The molecule has 4 heteroatoms. The number of hydrogen-bond acceptors (Lipinski definition) is 3. The molecule has 1 atom stereocenters. The van der Waals surface area contributed by atoms with Crippen molar-refractivity contribution in [2.24, 2.45) is 11.8 Å². The van der Waals surface area contributed by atoms with Crippen molar-refractivity contribution in [1.29, 1.82) is 0 Å². The van der Waals surface area contributed by atoms with Gasteiger partial charge < -0.3 is 10.4 Å². The minimum atomic E-state index is 0.0323. The third-order valence-corrected chi connectivity index (χ3v) is 5.52. The predicted octanol–water partition coefficient (Wildman–Crippen LogP) is 2.98. The number of amides is 1. The van der Waals surface area contributed by atoms with Crippen molar-refractivity contribution in [2.45, 2.75) is 38.6 Å². The number of carbonyl (C=O) groups is 1. The van der Waals surface area contributed by atoms with E-state index in [0.29, 0.717) is 18.4 Å². The van der Waals surface area contributed by atoms with Crippen molar-refractivity contribution in [3.63, 3.8) is 0 Å². The van der Waals surface area contributed by atoms with Crippen molar-refractivity contribution < 1.29 is 9.90 Å². The first kappa shape index (κ1) is 18.2. The zero-order valence-electron chi connectivity index (χ0n) is 15.0. The van der Waals surface area contributed by atoms with E-state index in [1.807, 2.05) is 12.1 Å². The zero-order valence-corrected chi connectivity index (χ0v) is 15.0. The molecule has 1 saturated heterocycles. The van der Waals surface area contributed by atoms with Crippen LogP contribution in [0.3, 0.4) is 0 Å². The molecule has 25 heavy (non-hydrogen) atoms. The Hall–Kier alpha value is -1.65. The molecule has 1 unspecified atom stereocenters. The number of rotatable bonds is 6. The van der Waals surface area contributed by atoms with Crippen LogP contribution in [-0.4, -0.2) is 42.2 Å². The maximum atomic E-state index is 12.3. The summed E-state index contributed by atoms with van der Waals surface area (Å²) in [5.74, 6) is 1.09. The van der Waals surface area contributed by atoms with Crippen LogP contribution >= 0.6 is 0 Å². The fourth-order valence-electron chi connectivity index (χ4n) is 3.73. The standard InChI is InChI=1S/C21H30N2O2/c24-16-19-10-12-23(13-11-19)15-18-6-8-20(9-7-18)21(25)22-14-17-4-2-1-3-5-17/h1-2,6-9,17,19,24H,3-5,10-16H2,(H,22,25). The van der Waals surface area contributed by atoms with Crippen molar-refractivity contribution in [3.8, 4) is 0 Å². The van der Waals surface area contributed by atoms with Gasteiger partial charge in [-0.15, -0.1) is 0 Å². The number of carbonyl (C=O) groups excluding carboxylic acids is 1. The topological polar surface area (TPSA) is 52.6 Å². The Labute approximate surface area is 150 Å². The highest BCUT2D eigenvalue weighted by molar-refractivity contribution is 5.94. The summed E-state index contributed by atoms with van der Waals surface area (Å²) < 4.78 is 0. The molecule has 0 radical (unpaired) electrons. The molecule has 1 aromatic rings. The molecule has 1 aromatic carbocycles. The Balaban J connectivity index is 1.45. The first-order chi connectivity index (χ1) is 12.2. The summed E-state index contributed by atoms with van der Waals surface area (Å²) in [6.07, 6.45) is 9.97. The molecule has 0 bridgehead atoms. The number of piperidine rings is 1. The lowest BCUT2D eigenvalue weighted by Crippen LogP contribution is -2.34. The van der Waals surface area contributed by atoms with Crippen LogP contribution in [0.25, 0.3) is 0 Å². The van der Waals surface area contributed by atoms with E-state index in [9.17, 15) is 9.90 Å². The summed E-state index contributed by atoms with van der Waals surface area (Å²) in [7, 11) is 0. The molecular formula is C21H30N2O2. The number of nitrogens with zero attached hydrogens (tertiary/aromatic N) is 1. The summed E-state index contributed by atoms with van der Waals surface area (Å²) in [5, 5.41) is 12.3. The van der Waals surface area contributed by atoms with E-state index in [1.54, 1.807) is 0 Å². The summed E-state index contributed by atoms with van der Waals surface area (Å²) in [6.45, 7) is 4.10. The van der Waals surface area contributed by atoms with Gasteiger partial charge in [-0.1, -0.05) is 24.3 Å².